The summed E-state index contributed by atoms with van der Waals surface area (Å²) < 4.78 is 5.30. The van der Waals surface area contributed by atoms with E-state index >= 15 is 0 Å². The molecule has 0 aliphatic carbocycles. The Morgan fingerprint density at radius 2 is 2.04 bits per heavy atom. The van der Waals surface area contributed by atoms with E-state index in [9.17, 15) is 4.79 Å². The number of rotatable bonds is 8. The van der Waals surface area contributed by atoms with Crippen molar-refractivity contribution in [3.05, 3.63) is 47.9 Å². The van der Waals surface area contributed by atoms with Crippen LogP contribution in [-0.4, -0.2) is 36.1 Å². The average Bonchev–Trinajstić information content (AvgIpc) is 2.60. The van der Waals surface area contributed by atoms with Crippen molar-refractivity contribution in [2.75, 3.05) is 25.5 Å². The van der Waals surface area contributed by atoms with Crippen molar-refractivity contribution in [1.82, 2.24) is 15.3 Å². The number of ether oxygens (including phenoxy) is 1. The third kappa shape index (κ3) is 4.95. The molecular formula is C17H22N4O2. The molecule has 2 aromatic rings. The summed E-state index contributed by atoms with van der Waals surface area (Å²) in [4.78, 5) is 20.3. The minimum absolute atomic E-state index is 0.207. The van der Waals surface area contributed by atoms with E-state index in [1.165, 1.54) is 6.33 Å². The lowest BCUT2D eigenvalue weighted by Gasteiger charge is -2.09. The highest BCUT2D eigenvalue weighted by molar-refractivity contribution is 5.92. The summed E-state index contributed by atoms with van der Waals surface area (Å²) >= 11 is 0. The van der Waals surface area contributed by atoms with Crippen molar-refractivity contribution in [3.8, 4) is 5.75 Å². The molecule has 0 aliphatic rings. The van der Waals surface area contributed by atoms with Crippen LogP contribution in [-0.2, 0) is 6.42 Å². The van der Waals surface area contributed by atoms with Gasteiger partial charge in [0.15, 0.2) is 0 Å². The Labute approximate surface area is 136 Å². The maximum absolute atomic E-state index is 12.2. The number of aromatic nitrogens is 2. The Hall–Kier alpha value is -2.63. The number of benzene rings is 1. The zero-order chi connectivity index (χ0) is 16.5. The van der Waals surface area contributed by atoms with Crippen molar-refractivity contribution in [2.24, 2.45) is 0 Å². The summed E-state index contributed by atoms with van der Waals surface area (Å²) in [6.45, 7) is 3.40. The molecule has 1 heterocycles. The summed E-state index contributed by atoms with van der Waals surface area (Å²) in [7, 11) is 1.64. The zero-order valence-electron chi connectivity index (χ0n) is 13.5. The van der Waals surface area contributed by atoms with Gasteiger partial charge in [-0.15, -0.1) is 0 Å². The lowest BCUT2D eigenvalue weighted by molar-refractivity contribution is 0.0949. The maximum atomic E-state index is 12.2. The third-order valence-electron chi connectivity index (χ3n) is 3.33. The lowest BCUT2D eigenvalue weighted by atomic mass is 10.1. The van der Waals surface area contributed by atoms with E-state index < -0.39 is 0 Å². The molecule has 6 heteroatoms. The summed E-state index contributed by atoms with van der Waals surface area (Å²) in [6.07, 6.45) is 3.08. The predicted molar refractivity (Wildman–Crippen MR) is 89.8 cm³/mol. The van der Waals surface area contributed by atoms with Crippen LogP contribution in [0.3, 0.4) is 0 Å². The number of nitrogens with zero attached hydrogens (tertiary/aromatic N) is 2. The Kier molecular flexibility index (Phi) is 6.35. The van der Waals surface area contributed by atoms with Gasteiger partial charge in [0, 0.05) is 19.2 Å². The number of methoxy groups -OCH3 is 1. The number of carbonyl (C=O) groups is 1. The van der Waals surface area contributed by atoms with Crippen molar-refractivity contribution in [1.29, 1.82) is 0 Å². The monoisotopic (exact) mass is 314 g/mol. The van der Waals surface area contributed by atoms with Gasteiger partial charge in [-0.1, -0.05) is 25.1 Å². The van der Waals surface area contributed by atoms with E-state index in [1.807, 2.05) is 24.3 Å². The van der Waals surface area contributed by atoms with Crippen LogP contribution in [0.15, 0.2) is 36.7 Å². The van der Waals surface area contributed by atoms with E-state index in [2.05, 4.69) is 27.5 Å². The van der Waals surface area contributed by atoms with Gasteiger partial charge in [-0.2, -0.15) is 0 Å². The molecule has 0 bridgehead atoms. The molecule has 1 aromatic heterocycles. The van der Waals surface area contributed by atoms with Gasteiger partial charge in [-0.05, 0) is 24.5 Å². The zero-order valence-corrected chi connectivity index (χ0v) is 13.5. The first-order valence-electron chi connectivity index (χ1n) is 7.70. The molecular weight excluding hydrogens is 292 g/mol. The van der Waals surface area contributed by atoms with Gasteiger partial charge in [0.05, 0.1) is 7.11 Å². The van der Waals surface area contributed by atoms with Crippen LogP contribution < -0.4 is 15.4 Å². The summed E-state index contributed by atoms with van der Waals surface area (Å²) in [5.41, 5.74) is 1.42. The minimum atomic E-state index is -0.207. The molecule has 2 rings (SSSR count). The number of carbonyl (C=O) groups excluding carboxylic acids is 1. The normalized spacial score (nSPS) is 10.2. The van der Waals surface area contributed by atoms with Crippen LogP contribution in [0.1, 0.15) is 29.4 Å². The van der Waals surface area contributed by atoms with Crippen LogP contribution in [0, 0.1) is 0 Å². The van der Waals surface area contributed by atoms with E-state index in [0.717, 1.165) is 24.3 Å². The quantitative estimate of drug-likeness (QED) is 0.782. The molecule has 23 heavy (non-hydrogen) atoms. The largest absolute Gasteiger partial charge is 0.496 e. The third-order valence-corrected chi connectivity index (χ3v) is 3.33. The van der Waals surface area contributed by atoms with Gasteiger partial charge in [-0.25, -0.2) is 9.97 Å². The van der Waals surface area contributed by atoms with Crippen LogP contribution in [0.5, 0.6) is 5.75 Å². The molecule has 0 saturated carbocycles. The van der Waals surface area contributed by atoms with Gasteiger partial charge in [0.2, 0.25) is 0 Å². The first-order valence-corrected chi connectivity index (χ1v) is 7.70. The molecule has 0 saturated heterocycles. The number of para-hydroxylation sites is 1. The number of amides is 1. The summed E-state index contributed by atoms with van der Waals surface area (Å²) in [5, 5.41) is 6.01. The fourth-order valence-electron chi connectivity index (χ4n) is 2.14. The van der Waals surface area contributed by atoms with E-state index in [-0.39, 0.29) is 5.91 Å². The van der Waals surface area contributed by atoms with E-state index in [1.54, 1.807) is 13.2 Å². The van der Waals surface area contributed by atoms with Crippen LogP contribution >= 0.6 is 0 Å². The molecule has 0 aliphatic heterocycles. The number of nitrogens with one attached hydrogen (secondary N) is 2. The molecule has 1 aromatic carbocycles. The van der Waals surface area contributed by atoms with Gasteiger partial charge in [0.25, 0.3) is 5.91 Å². The Bertz CT molecular complexity index is 646. The molecule has 0 radical (unpaired) electrons. The molecule has 1 amide bonds. The standard InChI is InChI=1S/C17H22N4O2/c1-3-9-18-16-11-14(20-12-21-16)17(22)19-10-8-13-6-4-5-7-15(13)23-2/h4-7,11-12H,3,8-10H2,1-2H3,(H,19,22)(H,18,20,21). The predicted octanol–water partition coefficient (Wildman–Crippen LogP) is 2.28. The molecule has 0 atom stereocenters. The second-order valence-electron chi connectivity index (χ2n) is 5.03. The number of hydrogen-bond acceptors (Lipinski definition) is 5. The highest BCUT2D eigenvalue weighted by Gasteiger charge is 2.09. The highest BCUT2D eigenvalue weighted by Crippen LogP contribution is 2.17. The Morgan fingerprint density at radius 1 is 1.22 bits per heavy atom. The highest BCUT2D eigenvalue weighted by atomic mass is 16.5. The fraction of sp³-hybridized carbons (Fsp3) is 0.353. The number of hydrogen-bond donors (Lipinski definition) is 2. The lowest BCUT2D eigenvalue weighted by Crippen LogP contribution is -2.26. The molecule has 6 nitrogen and oxygen atoms in total. The van der Waals surface area contributed by atoms with Gasteiger partial charge in [-0.3, -0.25) is 4.79 Å². The molecule has 0 spiro atoms. The van der Waals surface area contributed by atoms with Gasteiger partial charge < -0.3 is 15.4 Å². The van der Waals surface area contributed by atoms with Crippen LogP contribution in [0.4, 0.5) is 5.82 Å². The SMILES string of the molecule is CCCNc1cc(C(=O)NCCc2ccccc2OC)ncn1. The average molecular weight is 314 g/mol. The first-order chi connectivity index (χ1) is 11.2. The van der Waals surface area contributed by atoms with Crippen LogP contribution in [0.2, 0.25) is 0 Å². The van der Waals surface area contributed by atoms with Crippen molar-refractivity contribution in [3.63, 3.8) is 0 Å². The Morgan fingerprint density at radius 3 is 2.83 bits per heavy atom. The molecule has 0 unspecified atom stereocenters. The van der Waals surface area contributed by atoms with Crippen molar-refractivity contribution >= 4 is 11.7 Å². The topological polar surface area (TPSA) is 76.1 Å². The minimum Gasteiger partial charge on any atom is -0.496 e. The molecule has 2 N–H and O–H groups in total. The first kappa shape index (κ1) is 16.7. The van der Waals surface area contributed by atoms with E-state index in [4.69, 9.17) is 4.74 Å². The summed E-state index contributed by atoms with van der Waals surface area (Å²) in [5.74, 6) is 1.29. The van der Waals surface area contributed by atoms with Crippen molar-refractivity contribution < 1.29 is 9.53 Å². The smallest absolute Gasteiger partial charge is 0.270 e. The second-order valence-corrected chi connectivity index (χ2v) is 5.03. The number of anilines is 1. The maximum Gasteiger partial charge on any atom is 0.270 e. The van der Waals surface area contributed by atoms with E-state index in [0.29, 0.717) is 24.5 Å². The second kappa shape index (κ2) is 8.73. The van der Waals surface area contributed by atoms with Gasteiger partial charge in [0.1, 0.15) is 23.6 Å². The Balaban J connectivity index is 1.89. The molecule has 0 fully saturated rings. The molecule has 122 valence electrons. The van der Waals surface area contributed by atoms with Gasteiger partial charge >= 0.3 is 0 Å². The van der Waals surface area contributed by atoms with Crippen molar-refractivity contribution in [2.45, 2.75) is 19.8 Å². The fourth-order valence-corrected chi connectivity index (χ4v) is 2.14. The van der Waals surface area contributed by atoms with Crippen LogP contribution in [0.25, 0.3) is 0 Å². The summed E-state index contributed by atoms with van der Waals surface area (Å²) in [6, 6.07) is 9.44.